The predicted molar refractivity (Wildman–Crippen MR) is 98.6 cm³/mol. The minimum Gasteiger partial charge on any atom is -0.461 e. The highest BCUT2D eigenvalue weighted by Gasteiger charge is 2.15. The molecule has 2 heterocycles. The molecule has 1 amide bonds. The van der Waals surface area contributed by atoms with Gasteiger partial charge in [-0.3, -0.25) is 9.59 Å². The Morgan fingerprint density at radius 3 is 2.54 bits per heavy atom. The molecule has 0 aliphatic rings. The van der Waals surface area contributed by atoms with Gasteiger partial charge in [-0.1, -0.05) is 19.1 Å². The van der Waals surface area contributed by atoms with E-state index in [4.69, 9.17) is 4.42 Å². The van der Waals surface area contributed by atoms with Gasteiger partial charge in [0, 0.05) is 30.3 Å². The minimum atomic E-state index is -0.472. The number of nitrogens with one attached hydrogen (secondary N) is 2. The van der Waals surface area contributed by atoms with Gasteiger partial charge >= 0.3 is 0 Å². The fourth-order valence-corrected chi connectivity index (χ4v) is 2.67. The number of benzene rings is 1. The van der Waals surface area contributed by atoms with Crippen LogP contribution in [0.5, 0.6) is 0 Å². The summed E-state index contributed by atoms with van der Waals surface area (Å²) in [5.74, 6) is 1.11. The number of furan rings is 1. The molecule has 26 heavy (non-hydrogen) atoms. The second-order valence-corrected chi connectivity index (χ2v) is 5.79. The third-order valence-corrected chi connectivity index (χ3v) is 3.94. The molecule has 0 radical (unpaired) electrons. The summed E-state index contributed by atoms with van der Waals surface area (Å²) in [7, 11) is 0. The standard InChI is InChI=1S/C20H17N3O3/c1-3-15-8-9-19(26-15)16-10-18(23-20(25)17(16)11-21)13-4-6-14(7-5-13)22-12(2)24/h4-10H,3H2,1-2H3,(H,22,24)(H,23,25). The van der Waals surface area contributed by atoms with Crippen LogP contribution >= 0.6 is 0 Å². The van der Waals surface area contributed by atoms with Crippen LogP contribution in [-0.4, -0.2) is 10.9 Å². The van der Waals surface area contributed by atoms with E-state index < -0.39 is 5.56 Å². The number of nitrogens with zero attached hydrogens (tertiary/aromatic N) is 1. The van der Waals surface area contributed by atoms with E-state index in [2.05, 4.69) is 10.3 Å². The molecule has 0 bridgehead atoms. The zero-order chi connectivity index (χ0) is 18.7. The molecule has 6 nitrogen and oxygen atoms in total. The molecular weight excluding hydrogens is 330 g/mol. The maximum atomic E-state index is 12.4. The van der Waals surface area contributed by atoms with Gasteiger partial charge < -0.3 is 14.7 Å². The maximum Gasteiger partial charge on any atom is 0.267 e. The summed E-state index contributed by atoms with van der Waals surface area (Å²) in [5.41, 5.74) is 1.98. The van der Waals surface area contributed by atoms with Crippen molar-refractivity contribution in [3.63, 3.8) is 0 Å². The first kappa shape index (κ1) is 17.2. The molecule has 0 saturated carbocycles. The number of aromatic nitrogens is 1. The first-order valence-electron chi connectivity index (χ1n) is 8.16. The Balaban J connectivity index is 2.08. The Morgan fingerprint density at radius 2 is 1.96 bits per heavy atom. The predicted octanol–water partition coefficient (Wildman–Crippen LogP) is 3.69. The van der Waals surface area contributed by atoms with Gasteiger partial charge in [0.05, 0.1) is 0 Å². The molecule has 0 saturated heterocycles. The monoisotopic (exact) mass is 347 g/mol. The molecule has 0 spiro atoms. The summed E-state index contributed by atoms with van der Waals surface area (Å²) in [6, 6.07) is 14.3. The molecular formula is C20H17N3O3. The number of aryl methyl sites for hydroxylation is 1. The number of nitriles is 1. The van der Waals surface area contributed by atoms with Crippen molar-refractivity contribution >= 4 is 11.6 Å². The summed E-state index contributed by atoms with van der Waals surface area (Å²) in [6.07, 6.45) is 0.725. The van der Waals surface area contributed by atoms with Crippen molar-refractivity contribution in [2.45, 2.75) is 20.3 Å². The topological polar surface area (TPSA) is 98.9 Å². The van der Waals surface area contributed by atoms with Gasteiger partial charge in [0.15, 0.2) is 0 Å². The molecule has 0 fully saturated rings. The summed E-state index contributed by atoms with van der Waals surface area (Å²) in [6.45, 7) is 3.40. The molecule has 3 aromatic rings. The second kappa shape index (κ2) is 7.11. The van der Waals surface area contributed by atoms with Crippen molar-refractivity contribution in [2.24, 2.45) is 0 Å². The van der Waals surface area contributed by atoms with E-state index in [1.807, 2.05) is 19.1 Å². The fraction of sp³-hybridized carbons (Fsp3) is 0.150. The van der Waals surface area contributed by atoms with E-state index in [-0.39, 0.29) is 11.5 Å². The van der Waals surface area contributed by atoms with Crippen molar-refractivity contribution in [1.82, 2.24) is 4.98 Å². The maximum absolute atomic E-state index is 12.4. The lowest BCUT2D eigenvalue weighted by Crippen LogP contribution is -2.12. The summed E-state index contributed by atoms with van der Waals surface area (Å²) < 4.78 is 5.72. The molecule has 130 valence electrons. The van der Waals surface area contributed by atoms with Gasteiger partial charge in [-0.05, 0) is 35.9 Å². The first-order valence-corrected chi connectivity index (χ1v) is 8.16. The van der Waals surface area contributed by atoms with E-state index in [1.54, 1.807) is 36.4 Å². The lowest BCUT2D eigenvalue weighted by Gasteiger charge is -2.07. The van der Waals surface area contributed by atoms with Crippen LogP contribution in [0.3, 0.4) is 0 Å². The van der Waals surface area contributed by atoms with Gasteiger partial charge in [0.2, 0.25) is 5.91 Å². The Labute approximate surface area is 150 Å². The van der Waals surface area contributed by atoms with E-state index in [9.17, 15) is 14.9 Å². The molecule has 1 aromatic carbocycles. The quantitative estimate of drug-likeness (QED) is 0.752. The molecule has 0 unspecified atom stereocenters. The van der Waals surface area contributed by atoms with Crippen LogP contribution in [0.2, 0.25) is 0 Å². The van der Waals surface area contributed by atoms with Crippen molar-refractivity contribution < 1.29 is 9.21 Å². The average molecular weight is 347 g/mol. The molecule has 0 aliphatic heterocycles. The molecule has 0 aliphatic carbocycles. The molecule has 3 rings (SSSR count). The van der Waals surface area contributed by atoms with Crippen molar-refractivity contribution in [3.05, 3.63) is 64.1 Å². The number of carbonyl (C=O) groups is 1. The van der Waals surface area contributed by atoms with E-state index >= 15 is 0 Å². The zero-order valence-electron chi connectivity index (χ0n) is 14.4. The van der Waals surface area contributed by atoms with Crippen LogP contribution in [0.25, 0.3) is 22.6 Å². The number of H-pyrrole nitrogens is 1. The smallest absolute Gasteiger partial charge is 0.267 e. The number of hydrogen-bond donors (Lipinski definition) is 2. The van der Waals surface area contributed by atoms with Crippen molar-refractivity contribution in [3.8, 4) is 28.7 Å². The van der Waals surface area contributed by atoms with Gasteiger partial charge in [0.25, 0.3) is 5.56 Å². The van der Waals surface area contributed by atoms with Gasteiger partial charge in [-0.2, -0.15) is 5.26 Å². The van der Waals surface area contributed by atoms with E-state index in [0.717, 1.165) is 17.7 Å². The Bertz CT molecular complexity index is 1050. The Morgan fingerprint density at radius 1 is 1.23 bits per heavy atom. The fourth-order valence-electron chi connectivity index (χ4n) is 2.67. The normalized spacial score (nSPS) is 10.3. The highest BCUT2D eigenvalue weighted by molar-refractivity contribution is 5.89. The number of rotatable bonds is 4. The molecule has 6 heteroatoms. The van der Waals surface area contributed by atoms with Crippen LogP contribution in [0.15, 0.2) is 51.7 Å². The number of anilines is 1. The van der Waals surface area contributed by atoms with Crippen LogP contribution in [0.4, 0.5) is 5.69 Å². The molecule has 2 N–H and O–H groups in total. The third-order valence-electron chi connectivity index (χ3n) is 3.94. The highest BCUT2D eigenvalue weighted by Crippen LogP contribution is 2.28. The zero-order valence-corrected chi connectivity index (χ0v) is 14.4. The van der Waals surface area contributed by atoms with Crippen LogP contribution in [0, 0.1) is 11.3 Å². The highest BCUT2D eigenvalue weighted by atomic mass is 16.3. The summed E-state index contributed by atoms with van der Waals surface area (Å²) >= 11 is 0. The number of amides is 1. The first-order chi connectivity index (χ1) is 12.5. The third kappa shape index (κ3) is 3.42. The van der Waals surface area contributed by atoms with Crippen LogP contribution in [0.1, 0.15) is 25.2 Å². The lowest BCUT2D eigenvalue weighted by atomic mass is 10.0. The Kier molecular flexibility index (Phi) is 4.72. The Hall–Kier alpha value is -3.59. The van der Waals surface area contributed by atoms with Crippen LogP contribution < -0.4 is 10.9 Å². The molecule has 0 atom stereocenters. The van der Waals surface area contributed by atoms with E-state index in [1.165, 1.54) is 6.92 Å². The minimum absolute atomic E-state index is 0.0145. The molecule has 2 aromatic heterocycles. The number of pyridine rings is 1. The van der Waals surface area contributed by atoms with Crippen molar-refractivity contribution in [1.29, 1.82) is 5.26 Å². The lowest BCUT2D eigenvalue weighted by molar-refractivity contribution is -0.114. The SMILES string of the molecule is CCc1ccc(-c2cc(-c3ccc(NC(C)=O)cc3)[nH]c(=O)c2C#N)o1. The van der Waals surface area contributed by atoms with Crippen molar-refractivity contribution in [2.75, 3.05) is 5.32 Å². The van der Waals surface area contributed by atoms with E-state index in [0.29, 0.717) is 22.7 Å². The number of aromatic amines is 1. The summed E-state index contributed by atoms with van der Waals surface area (Å²) in [5, 5.41) is 12.0. The van der Waals surface area contributed by atoms with Gasteiger partial charge in [0.1, 0.15) is 23.2 Å². The summed E-state index contributed by atoms with van der Waals surface area (Å²) in [4.78, 5) is 26.2. The van der Waals surface area contributed by atoms with Crippen LogP contribution in [-0.2, 0) is 11.2 Å². The second-order valence-electron chi connectivity index (χ2n) is 5.79. The number of carbonyl (C=O) groups excluding carboxylic acids is 1. The average Bonchev–Trinajstić information content (AvgIpc) is 3.10. The largest absolute Gasteiger partial charge is 0.461 e. The van der Waals surface area contributed by atoms with Gasteiger partial charge in [-0.25, -0.2) is 0 Å². The van der Waals surface area contributed by atoms with Gasteiger partial charge in [-0.15, -0.1) is 0 Å². The number of hydrogen-bond acceptors (Lipinski definition) is 4.